The molecule has 0 saturated heterocycles. The summed E-state index contributed by atoms with van der Waals surface area (Å²) in [6.45, 7) is 1.99. The number of benzene rings is 1. The Kier molecular flexibility index (Phi) is 6.35. The minimum Gasteiger partial charge on any atom is -0.492 e. The number of guanidine groups is 1. The van der Waals surface area contributed by atoms with Crippen molar-refractivity contribution in [3.05, 3.63) is 53.3 Å². The number of aryl methyl sites for hydroxylation is 1. The van der Waals surface area contributed by atoms with Crippen LogP contribution in [0.4, 0.5) is 0 Å². The molecule has 2 rings (SSSR count). The van der Waals surface area contributed by atoms with Gasteiger partial charge in [-0.2, -0.15) is 0 Å². The SMILES string of the molecule is CN=C(NCCOc1cccc(Cl)c1)N(C)Cc1cccn1C. The molecule has 124 valence electrons. The van der Waals surface area contributed by atoms with Crippen LogP contribution < -0.4 is 10.1 Å². The number of nitrogens with one attached hydrogen (secondary N) is 1. The normalized spacial score (nSPS) is 11.4. The van der Waals surface area contributed by atoms with Crippen LogP contribution in [0.15, 0.2) is 47.6 Å². The largest absolute Gasteiger partial charge is 0.492 e. The summed E-state index contributed by atoms with van der Waals surface area (Å²) in [5.74, 6) is 1.60. The molecule has 6 heteroatoms. The fourth-order valence-corrected chi connectivity index (χ4v) is 2.43. The van der Waals surface area contributed by atoms with Gasteiger partial charge in [0.15, 0.2) is 5.96 Å². The molecule has 1 aromatic heterocycles. The van der Waals surface area contributed by atoms with Crippen LogP contribution in [0.5, 0.6) is 5.75 Å². The third kappa shape index (κ3) is 5.21. The Hall–Kier alpha value is -2.14. The molecule has 2 aromatic rings. The molecule has 1 aromatic carbocycles. The minimum atomic E-state index is 0.539. The second-order valence-corrected chi connectivity index (χ2v) is 5.68. The highest BCUT2D eigenvalue weighted by molar-refractivity contribution is 6.30. The van der Waals surface area contributed by atoms with Crippen LogP contribution in [-0.4, -0.2) is 42.7 Å². The molecule has 0 aliphatic carbocycles. The van der Waals surface area contributed by atoms with Gasteiger partial charge in [0.05, 0.1) is 13.1 Å². The van der Waals surface area contributed by atoms with E-state index in [-0.39, 0.29) is 0 Å². The molecule has 0 amide bonds. The maximum atomic E-state index is 5.93. The van der Waals surface area contributed by atoms with E-state index in [1.54, 1.807) is 13.1 Å². The molecule has 0 atom stereocenters. The molecule has 0 saturated carbocycles. The summed E-state index contributed by atoms with van der Waals surface area (Å²) in [7, 11) is 5.83. The average molecular weight is 335 g/mol. The van der Waals surface area contributed by atoms with Gasteiger partial charge in [0, 0.05) is 38.1 Å². The van der Waals surface area contributed by atoms with Gasteiger partial charge in [-0.15, -0.1) is 0 Å². The van der Waals surface area contributed by atoms with Gasteiger partial charge in [-0.3, -0.25) is 4.99 Å². The minimum absolute atomic E-state index is 0.539. The lowest BCUT2D eigenvalue weighted by Crippen LogP contribution is -2.40. The van der Waals surface area contributed by atoms with Crippen molar-refractivity contribution >= 4 is 17.6 Å². The second kappa shape index (κ2) is 8.48. The smallest absolute Gasteiger partial charge is 0.193 e. The van der Waals surface area contributed by atoms with E-state index in [2.05, 4.69) is 25.8 Å². The Balaban J connectivity index is 1.77. The van der Waals surface area contributed by atoms with Gasteiger partial charge >= 0.3 is 0 Å². The van der Waals surface area contributed by atoms with E-state index in [0.29, 0.717) is 18.2 Å². The first-order valence-electron chi connectivity index (χ1n) is 7.50. The molecule has 0 unspecified atom stereocenters. The zero-order valence-corrected chi connectivity index (χ0v) is 14.5. The van der Waals surface area contributed by atoms with Crippen molar-refractivity contribution < 1.29 is 4.74 Å². The maximum Gasteiger partial charge on any atom is 0.193 e. The predicted molar refractivity (Wildman–Crippen MR) is 95.2 cm³/mol. The standard InChI is InChI=1S/C17H23ClN4O/c1-19-17(22(3)13-15-7-5-10-21(15)2)20-9-11-23-16-8-4-6-14(18)12-16/h4-8,10,12H,9,11,13H2,1-3H3,(H,19,20). The second-order valence-electron chi connectivity index (χ2n) is 5.25. The fraction of sp³-hybridized carbons (Fsp3) is 0.353. The van der Waals surface area contributed by atoms with Crippen molar-refractivity contribution in [2.75, 3.05) is 27.2 Å². The lowest BCUT2D eigenvalue weighted by molar-refractivity contribution is 0.319. The van der Waals surface area contributed by atoms with Crippen molar-refractivity contribution in [2.45, 2.75) is 6.54 Å². The third-order valence-electron chi connectivity index (χ3n) is 3.47. The quantitative estimate of drug-likeness (QED) is 0.502. The van der Waals surface area contributed by atoms with Gasteiger partial charge < -0.3 is 19.5 Å². The first-order valence-corrected chi connectivity index (χ1v) is 7.88. The van der Waals surface area contributed by atoms with Crippen LogP contribution >= 0.6 is 11.6 Å². The molecule has 0 spiro atoms. The van der Waals surface area contributed by atoms with Gasteiger partial charge in [0.1, 0.15) is 12.4 Å². The topological polar surface area (TPSA) is 41.8 Å². The molecule has 0 aliphatic rings. The molecule has 1 N–H and O–H groups in total. The summed E-state index contributed by atoms with van der Waals surface area (Å²) >= 11 is 5.93. The van der Waals surface area contributed by atoms with Gasteiger partial charge in [0.25, 0.3) is 0 Å². The van der Waals surface area contributed by atoms with Gasteiger partial charge in [0.2, 0.25) is 0 Å². The van der Waals surface area contributed by atoms with Crippen molar-refractivity contribution in [2.24, 2.45) is 12.0 Å². The van der Waals surface area contributed by atoms with Gasteiger partial charge in [-0.25, -0.2) is 0 Å². The van der Waals surface area contributed by atoms with Crippen LogP contribution in [0, 0.1) is 0 Å². The Labute approximate surface area is 142 Å². The Morgan fingerprint density at radius 2 is 2.17 bits per heavy atom. The summed E-state index contributed by atoms with van der Waals surface area (Å²) in [4.78, 5) is 6.38. The van der Waals surface area contributed by atoms with Crippen molar-refractivity contribution in [1.29, 1.82) is 0 Å². The Morgan fingerprint density at radius 1 is 1.35 bits per heavy atom. The van der Waals surface area contributed by atoms with Crippen LogP contribution in [0.2, 0.25) is 5.02 Å². The van der Waals surface area contributed by atoms with E-state index < -0.39 is 0 Å². The van der Waals surface area contributed by atoms with E-state index in [9.17, 15) is 0 Å². The number of aromatic nitrogens is 1. The highest BCUT2D eigenvalue weighted by atomic mass is 35.5. The molecule has 0 aliphatic heterocycles. The summed E-state index contributed by atoms with van der Waals surface area (Å²) in [6.07, 6.45) is 2.04. The highest BCUT2D eigenvalue weighted by Crippen LogP contribution is 2.16. The highest BCUT2D eigenvalue weighted by Gasteiger charge is 2.07. The first kappa shape index (κ1) is 17.2. The Bertz CT molecular complexity index is 654. The predicted octanol–water partition coefficient (Wildman–Crippen LogP) is 2.76. The summed E-state index contributed by atoms with van der Waals surface area (Å²) in [5, 5.41) is 3.97. The van der Waals surface area contributed by atoms with Gasteiger partial charge in [-0.1, -0.05) is 17.7 Å². The van der Waals surface area contributed by atoms with E-state index in [0.717, 1.165) is 18.3 Å². The van der Waals surface area contributed by atoms with Crippen molar-refractivity contribution in [3.8, 4) is 5.75 Å². The van der Waals surface area contributed by atoms with E-state index >= 15 is 0 Å². The van der Waals surface area contributed by atoms with Crippen LogP contribution in [-0.2, 0) is 13.6 Å². The van der Waals surface area contributed by atoms with E-state index in [4.69, 9.17) is 16.3 Å². The summed E-state index contributed by atoms with van der Waals surface area (Å²) < 4.78 is 7.77. The number of rotatable bonds is 6. The third-order valence-corrected chi connectivity index (χ3v) is 3.71. The summed E-state index contributed by atoms with van der Waals surface area (Å²) in [5.41, 5.74) is 1.23. The number of aliphatic imine (C=N–C) groups is 1. The monoisotopic (exact) mass is 334 g/mol. The number of halogens is 1. The number of ether oxygens (including phenoxy) is 1. The zero-order valence-electron chi connectivity index (χ0n) is 13.8. The fourth-order valence-electron chi connectivity index (χ4n) is 2.25. The van der Waals surface area contributed by atoms with Crippen LogP contribution in [0.1, 0.15) is 5.69 Å². The van der Waals surface area contributed by atoms with Crippen molar-refractivity contribution in [1.82, 2.24) is 14.8 Å². The zero-order chi connectivity index (χ0) is 16.7. The molecule has 23 heavy (non-hydrogen) atoms. The maximum absolute atomic E-state index is 5.93. The lowest BCUT2D eigenvalue weighted by atomic mass is 10.3. The molecule has 0 radical (unpaired) electrons. The number of hydrogen-bond donors (Lipinski definition) is 1. The number of nitrogens with zero attached hydrogens (tertiary/aromatic N) is 3. The van der Waals surface area contributed by atoms with E-state index in [1.807, 2.05) is 44.6 Å². The van der Waals surface area contributed by atoms with Crippen LogP contribution in [0.3, 0.4) is 0 Å². The molecule has 0 bridgehead atoms. The van der Waals surface area contributed by atoms with Gasteiger partial charge in [-0.05, 0) is 30.3 Å². The number of hydrogen-bond acceptors (Lipinski definition) is 2. The average Bonchev–Trinajstić information content (AvgIpc) is 2.92. The Morgan fingerprint density at radius 3 is 2.83 bits per heavy atom. The summed E-state index contributed by atoms with van der Waals surface area (Å²) in [6, 6.07) is 11.5. The molecule has 0 fully saturated rings. The first-order chi connectivity index (χ1) is 11.1. The lowest BCUT2D eigenvalue weighted by Gasteiger charge is -2.22. The molecular weight excluding hydrogens is 312 g/mol. The molecule has 5 nitrogen and oxygen atoms in total. The molecule has 1 heterocycles. The van der Waals surface area contributed by atoms with Crippen molar-refractivity contribution in [3.63, 3.8) is 0 Å². The van der Waals surface area contributed by atoms with E-state index in [1.165, 1.54) is 5.69 Å². The van der Waals surface area contributed by atoms with Crippen LogP contribution in [0.25, 0.3) is 0 Å². The molecular formula is C17H23ClN4O.